The molecule has 7 nitrogen and oxygen atoms in total. The highest BCUT2D eigenvalue weighted by Gasteiger charge is 2.28. The molecule has 1 rings (SSSR count). The Morgan fingerprint density at radius 2 is 1.88 bits per heavy atom. The van der Waals surface area contributed by atoms with Crippen LogP contribution in [0.3, 0.4) is 0 Å². The number of nitrogens with one attached hydrogen (secondary N) is 3. The first-order valence-electron chi connectivity index (χ1n) is 9.53. The lowest BCUT2D eigenvalue weighted by Crippen LogP contribution is -2.52. The van der Waals surface area contributed by atoms with Crippen LogP contribution in [0.2, 0.25) is 0 Å². The molecule has 26 heavy (non-hydrogen) atoms. The summed E-state index contributed by atoms with van der Waals surface area (Å²) >= 11 is 0. The van der Waals surface area contributed by atoms with E-state index < -0.39 is 0 Å². The normalized spacial score (nSPS) is 17.2. The van der Waals surface area contributed by atoms with Gasteiger partial charge in [-0.05, 0) is 34.1 Å². The molecule has 8 heteroatoms. The van der Waals surface area contributed by atoms with Crippen LogP contribution in [0.5, 0.6) is 0 Å². The van der Waals surface area contributed by atoms with Gasteiger partial charge in [-0.25, -0.2) is 0 Å². The van der Waals surface area contributed by atoms with Crippen LogP contribution in [0.4, 0.5) is 0 Å². The number of hydrogen-bond acceptors (Lipinski definition) is 4. The molecule has 1 saturated heterocycles. The maximum atomic E-state index is 11.8. The van der Waals surface area contributed by atoms with E-state index in [4.69, 9.17) is 9.73 Å². The Bertz CT molecular complexity index is 426. The molecule has 1 fully saturated rings. The average molecular weight is 483 g/mol. The fourth-order valence-electron chi connectivity index (χ4n) is 2.63. The predicted molar refractivity (Wildman–Crippen MR) is 118 cm³/mol. The number of ether oxygens (including phenoxy) is 1. The first-order chi connectivity index (χ1) is 11.9. The second kappa shape index (κ2) is 13.5. The number of aliphatic imine (C=N–C) groups is 1. The minimum absolute atomic E-state index is 0. The van der Waals surface area contributed by atoms with E-state index in [1.807, 2.05) is 13.8 Å². The summed E-state index contributed by atoms with van der Waals surface area (Å²) in [6, 6.07) is 0.226. The van der Waals surface area contributed by atoms with Crippen molar-refractivity contribution in [2.75, 3.05) is 45.9 Å². The number of halogens is 1. The summed E-state index contributed by atoms with van der Waals surface area (Å²) < 4.78 is 5.43. The van der Waals surface area contributed by atoms with Gasteiger partial charge >= 0.3 is 0 Å². The molecule has 154 valence electrons. The summed E-state index contributed by atoms with van der Waals surface area (Å²) in [4.78, 5) is 19.0. The van der Waals surface area contributed by atoms with E-state index in [9.17, 15) is 4.79 Å². The van der Waals surface area contributed by atoms with Crippen LogP contribution in [0.1, 0.15) is 47.5 Å². The number of amides is 1. The Balaban J connectivity index is 0.00000625. The van der Waals surface area contributed by atoms with E-state index in [0.29, 0.717) is 19.5 Å². The van der Waals surface area contributed by atoms with E-state index >= 15 is 0 Å². The molecule has 0 bridgehead atoms. The molecule has 1 atom stereocenters. The zero-order chi connectivity index (χ0) is 18.7. The predicted octanol–water partition coefficient (Wildman–Crippen LogP) is 1.58. The smallest absolute Gasteiger partial charge is 0.221 e. The molecule has 1 aliphatic rings. The van der Waals surface area contributed by atoms with Crippen LogP contribution in [0.25, 0.3) is 0 Å². The van der Waals surface area contributed by atoms with E-state index in [1.54, 1.807) is 0 Å². The topological polar surface area (TPSA) is 78.0 Å². The number of guanidine groups is 1. The SMILES string of the molecule is CCNC(=NCC(C)(C)N1CCOCC1)NCCC(=O)NC(C)CC.I. The highest BCUT2D eigenvalue weighted by molar-refractivity contribution is 14.0. The summed E-state index contributed by atoms with van der Waals surface area (Å²) in [5, 5.41) is 9.48. The number of morpholine rings is 1. The van der Waals surface area contributed by atoms with E-state index in [2.05, 4.69) is 41.6 Å². The lowest BCUT2D eigenvalue weighted by molar-refractivity contribution is -0.121. The van der Waals surface area contributed by atoms with Gasteiger partial charge < -0.3 is 20.7 Å². The molecular formula is C18H38IN5O2. The fraction of sp³-hybridized carbons (Fsp3) is 0.889. The van der Waals surface area contributed by atoms with Gasteiger partial charge in [-0.15, -0.1) is 24.0 Å². The van der Waals surface area contributed by atoms with Crippen LogP contribution in [0, 0.1) is 0 Å². The molecule has 0 aromatic heterocycles. The Morgan fingerprint density at radius 1 is 1.23 bits per heavy atom. The first kappa shape index (κ1) is 25.4. The van der Waals surface area contributed by atoms with E-state index in [-0.39, 0.29) is 41.5 Å². The van der Waals surface area contributed by atoms with Crippen LogP contribution < -0.4 is 16.0 Å². The largest absolute Gasteiger partial charge is 0.379 e. The average Bonchev–Trinajstić information content (AvgIpc) is 2.60. The summed E-state index contributed by atoms with van der Waals surface area (Å²) in [5.74, 6) is 0.839. The third-order valence-electron chi connectivity index (χ3n) is 4.50. The third kappa shape index (κ3) is 9.91. The molecule has 0 radical (unpaired) electrons. The van der Waals surface area contributed by atoms with Gasteiger partial charge in [0.1, 0.15) is 0 Å². The molecule has 0 saturated carbocycles. The quantitative estimate of drug-likeness (QED) is 0.264. The lowest BCUT2D eigenvalue weighted by Gasteiger charge is -2.39. The minimum Gasteiger partial charge on any atom is -0.379 e. The second-order valence-electron chi connectivity index (χ2n) is 7.16. The maximum absolute atomic E-state index is 11.8. The monoisotopic (exact) mass is 483 g/mol. The van der Waals surface area contributed by atoms with Gasteiger partial charge in [0.15, 0.2) is 5.96 Å². The van der Waals surface area contributed by atoms with Gasteiger partial charge in [-0.2, -0.15) is 0 Å². The van der Waals surface area contributed by atoms with E-state index in [0.717, 1.165) is 45.2 Å². The molecule has 0 spiro atoms. The highest BCUT2D eigenvalue weighted by Crippen LogP contribution is 2.16. The van der Waals surface area contributed by atoms with Crippen LogP contribution in [-0.2, 0) is 9.53 Å². The number of hydrogen-bond donors (Lipinski definition) is 3. The van der Waals surface area contributed by atoms with Crippen molar-refractivity contribution in [1.82, 2.24) is 20.9 Å². The summed E-state index contributed by atoms with van der Waals surface area (Å²) in [7, 11) is 0. The van der Waals surface area contributed by atoms with Crippen molar-refractivity contribution >= 4 is 35.8 Å². The summed E-state index contributed by atoms with van der Waals surface area (Å²) in [6.45, 7) is 16.1. The summed E-state index contributed by atoms with van der Waals surface area (Å²) in [5.41, 5.74) is -0.0138. The zero-order valence-corrected chi connectivity index (χ0v) is 19.4. The standard InChI is InChI=1S/C18H37N5O2.HI/c1-6-15(3)22-16(24)8-9-20-17(19-7-2)21-14-18(4,5)23-10-12-25-13-11-23;/h15H,6-14H2,1-5H3,(H,22,24)(H2,19,20,21);1H. The highest BCUT2D eigenvalue weighted by atomic mass is 127. The van der Waals surface area contributed by atoms with Crippen molar-refractivity contribution < 1.29 is 9.53 Å². The van der Waals surface area contributed by atoms with Crippen molar-refractivity contribution in [2.24, 2.45) is 4.99 Å². The van der Waals surface area contributed by atoms with Gasteiger partial charge in [-0.1, -0.05) is 6.92 Å². The zero-order valence-electron chi connectivity index (χ0n) is 17.1. The molecule has 1 heterocycles. The van der Waals surface area contributed by atoms with Crippen LogP contribution in [-0.4, -0.2) is 74.3 Å². The molecule has 0 aromatic rings. The van der Waals surface area contributed by atoms with Gasteiger partial charge in [0, 0.05) is 44.2 Å². The Labute approximate surface area is 176 Å². The number of carbonyl (C=O) groups excluding carboxylic acids is 1. The van der Waals surface area contributed by atoms with E-state index in [1.165, 1.54) is 0 Å². The minimum atomic E-state index is -0.0138. The molecule has 1 aliphatic heterocycles. The third-order valence-corrected chi connectivity index (χ3v) is 4.50. The van der Waals surface area contributed by atoms with Crippen LogP contribution >= 0.6 is 24.0 Å². The number of carbonyl (C=O) groups is 1. The summed E-state index contributed by atoms with van der Waals surface area (Å²) in [6.07, 6.45) is 1.39. The van der Waals surface area contributed by atoms with Crippen molar-refractivity contribution in [3.63, 3.8) is 0 Å². The molecule has 0 aliphatic carbocycles. The molecule has 1 amide bonds. The lowest BCUT2D eigenvalue weighted by atomic mass is 10.0. The molecule has 0 aromatic carbocycles. The van der Waals surface area contributed by atoms with Crippen molar-refractivity contribution in [3.8, 4) is 0 Å². The van der Waals surface area contributed by atoms with Gasteiger partial charge in [0.2, 0.25) is 5.91 Å². The van der Waals surface area contributed by atoms with Crippen molar-refractivity contribution in [2.45, 2.75) is 59.0 Å². The van der Waals surface area contributed by atoms with Crippen molar-refractivity contribution in [3.05, 3.63) is 0 Å². The number of rotatable bonds is 9. The van der Waals surface area contributed by atoms with Gasteiger partial charge in [-0.3, -0.25) is 14.7 Å². The maximum Gasteiger partial charge on any atom is 0.221 e. The van der Waals surface area contributed by atoms with Gasteiger partial charge in [0.05, 0.1) is 19.8 Å². The Kier molecular flexibility index (Phi) is 13.2. The molecule has 1 unspecified atom stereocenters. The Morgan fingerprint density at radius 3 is 2.46 bits per heavy atom. The molecule has 3 N–H and O–H groups in total. The van der Waals surface area contributed by atoms with Crippen molar-refractivity contribution in [1.29, 1.82) is 0 Å². The molecular weight excluding hydrogens is 445 g/mol. The fourth-order valence-corrected chi connectivity index (χ4v) is 2.63. The number of nitrogens with zero attached hydrogens (tertiary/aromatic N) is 2. The second-order valence-corrected chi connectivity index (χ2v) is 7.16. The first-order valence-corrected chi connectivity index (χ1v) is 9.53. The Hall–Kier alpha value is -0.610. The van der Waals surface area contributed by atoms with Crippen LogP contribution in [0.15, 0.2) is 4.99 Å². The van der Waals surface area contributed by atoms with Gasteiger partial charge in [0.25, 0.3) is 0 Å².